The normalized spacial score (nSPS) is 11.9. The Labute approximate surface area is 139 Å². The van der Waals surface area contributed by atoms with Crippen LogP contribution in [0.3, 0.4) is 0 Å². The molecule has 0 fully saturated rings. The Kier molecular flexibility index (Phi) is 4.39. The van der Waals surface area contributed by atoms with Crippen LogP contribution in [0.4, 0.5) is 0 Å². The van der Waals surface area contributed by atoms with Crippen molar-refractivity contribution in [3.8, 4) is 0 Å². The van der Waals surface area contributed by atoms with Gasteiger partial charge in [0.15, 0.2) is 0 Å². The first kappa shape index (κ1) is 15.2. The summed E-state index contributed by atoms with van der Waals surface area (Å²) in [5.41, 5.74) is 1.36. The van der Waals surface area contributed by atoms with Crippen molar-refractivity contribution in [3.05, 3.63) is 83.2 Å². The third-order valence-corrected chi connectivity index (χ3v) is 3.73. The van der Waals surface area contributed by atoms with Gasteiger partial charge in [-0.15, -0.1) is 0 Å². The summed E-state index contributed by atoms with van der Waals surface area (Å²) >= 11 is 6.09. The van der Waals surface area contributed by atoms with Gasteiger partial charge < -0.3 is 9.88 Å². The molecule has 0 saturated heterocycles. The molecule has 0 aliphatic heterocycles. The second-order valence-electron chi connectivity index (χ2n) is 5.10. The maximum Gasteiger partial charge on any atom is 0.253 e. The van der Waals surface area contributed by atoms with Crippen LogP contribution < -0.4 is 5.32 Å². The highest BCUT2D eigenvalue weighted by Crippen LogP contribution is 2.23. The van der Waals surface area contributed by atoms with Gasteiger partial charge in [-0.1, -0.05) is 23.7 Å². The average Bonchev–Trinajstić information content (AvgIpc) is 2.99. The van der Waals surface area contributed by atoms with Gasteiger partial charge in [0.05, 0.1) is 5.56 Å². The molecule has 0 aliphatic carbocycles. The summed E-state index contributed by atoms with van der Waals surface area (Å²) in [6.07, 6.45) is 6.69. The second-order valence-corrected chi connectivity index (χ2v) is 5.54. The van der Waals surface area contributed by atoms with Crippen LogP contribution in [0.25, 0.3) is 0 Å². The first-order chi connectivity index (χ1) is 11.1. The number of rotatable bonds is 4. The van der Waals surface area contributed by atoms with E-state index in [0.29, 0.717) is 10.6 Å². The van der Waals surface area contributed by atoms with E-state index in [-0.39, 0.29) is 5.91 Å². The van der Waals surface area contributed by atoms with Crippen LogP contribution in [0.2, 0.25) is 5.02 Å². The molecule has 0 bridgehead atoms. The minimum absolute atomic E-state index is 0.217. The number of benzene rings is 1. The molecule has 1 atom stereocenters. The summed E-state index contributed by atoms with van der Waals surface area (Å²) in [4.78, 5) is 20.8. The van der Waals surface area contributed by atoms with Gasteiger partial charge in [0, 0.05) is 36.9 Å². The van der Waals surface area contributed by atoms with E-state index in [4.69, 9.17) is 11.6 Å². The highest BCUT2D eigenvalue weighted by atomic mass is 35.5. The van der Waals surface area contributed by atoms with Gasteiger partial charge >= 0.3 is 0 Å². The van der Waals surface area contributed by atoms with Crippen LogP contribution >= 0.6 is 11.6 Å². The van der Waals surface area contributed by atoms with E-state index in [2.05, 4.69) is 15.3 Å². The molecule has 2 heterocycles. The summed E-state index contributed by atoms with van der Waals surface area (Å²) < 4.78 is 1.87. The summed E-state index contributed by atoms with van der Waals surface area (Å²) in [5.74, 6) is 0.510. The van der Waals surface area contributed by atoms with Gasteiger partial charge in [-0.3, -0.25) is 9.78 Å². The molecule has 1 unspecified atom stereocenters. The number of hydrogen-bond donors (Lipinski definition) is 1. The molecule has 1 amide bonds. The molecule has 23 heavy (non-hydrogen) atoms. The SMILES string of the molecule is Cn1ccnc1C(NC(=O)c1cccnc1)c1cccc(Cl)c1. The van der Waals surface area contributed by atoms with Crippen molar-refractivity contribution < 1.29 is 4.79 Å². The number of pyridine rings is 1. The van der Waals surface area contributed by atoms with Crippen LogP contribution in [0.15, 0.2) is 61.2 Å². The molecule has 116 valence electrons. The minimum Gasteiger partial charge on any atom is -0.338 e. The molecular weight excluding hydrogens is 312 g/mol. The van der Waals surface area contributed by atoms with E-state index < -0.39 is 6.04 Å². The van der Waals surface area contributed by atoms with Crippen molar-refractivity contribution in [3.63, 3.8) is 0 Å². The monoisotopic (exact) mass is 326 g/mol. The molecule has 3 rings (SSSR count). The standard InChI is InChI=1S/C17H15ClN4O/c1-22-9-8-20-16(22)15(12-4-2-6-14(18)10-12)21-17(23)13-5-3-7-19-11-13/h2-11,15H,1H3,(H,21,23). The quantitative estimate of drug-likeness (QED) is 0.801. The minimum atomic E-state index is -0.401. The fraction of sp³-hybridized carbons (Fsp3) is 0.118. The van der Waals surface area contributed by atoms with E-state index in [9.17, 15) is 4.79 Å². The van der Waals surface area contributed by atoms with Crippen molar-refractivity contribution in [2.75, 3.05) is 0 Å². The van der Waals surface area contributed by atoms with Gasteiger partial charge in [0.25, 0.3) is 5.91 Å². The fourth-order valence-corrected chi connectivity index (χ4v) is 2.55. The Morgan fingerprint density at radius 3 is 2.78 bits per heavy atom. The van der Waals surface area contributed by atoms with Crippen molar-refractivity contribution in [2.24, 2.45) is 7.05 Å². The highest BCUT2D eigenvalue weighted by Gasteiger charge is 2.21. The lowest BCUT2D eigenvalue weighted by atomic mass is 10.1. The smallest absolute Gasteiger partial charge is 0.253 e. The number of carbonyl (C=O) groups is 1. The summed E-state index contributed by atoms with van der Waals surface area (Å²) in [6, 6.07) is 10.4. The highest BCUT2D eigenvalue weighted by molar-refractivity contribution is 6.30. The molecule has 1 aromatic carbocycles. The number of halogens is 1. The van der Waals surface area contributed by atoms with E-state index in [1.807, 2.05) is 36.0 Å². The molecule has 0 spiro atoms. The Bertz CT molecular complexity index is 816. The number of aromatic nitrogens is 3. The maximum absolute atomic E-state index is 12.5. The number of carbonyl (C=O) groups excluding carboxylic acids is 1. The zero-order chi connectivity index (χ0) is 16.2. The largest absolute Gasteiger partial charge is 0.338 e. The Hall–Kier alpha value is -2.66. The summed E-state index contributed by atoms with van der Waals surface area (Å²) in [7, 11) is 1.89. The van der Waals surface area contributed by atoms with Crippen molar-refractivity contribution in [1.29, 1.82) is 0 Å². The summed E-state index contributed by atoms with van der Waals surface area (Å²) in [5, 5.41) is 3.61. The van der Waals surface area contributed by atoms with Gasteiger partial charge in [-0.25, -0.2) is 4.98 Å². The predicted molar refractivity (Wildman–Crippen MR) is 88.2 cm³/mol. The van der Waals surface area contributed by atoms with Crippen molar-refractivity contribution in [2.45, 2.75) is 6.04 Å². The van der Waals surface area contributed by atoms with E-state index in [1.54, 1.807) is 30.6 Å². The van der Waals surface area contributed by atoms with Crippen LogP contribution in [0.5, 0.6) is 0 Å². The average molecular weight is 327 g/mol. The summed E-state index contributed by atoms with van der Waals surface area (Å²) in [6.45, 7) is 0. The van der Waals surface area contributed by atoms with Crippen molar-refractivity contribution >= 4 is 17.5 Å². The third-order valence-electron chi connectivity index (χ3n) is 3.50. The van der Waals surface area contributed by atoms with E-state index in [0.717, 1.165) is 11.4 Å². The Morgan fingerprint density at radius 1 is 1.26 bits per heavy atom. The van der Waals surface area contributed by atoms with Crippen LogP contribution in [0, 0.1) is 0 Å². The van der Waals surface area contributed by atoms with E-state index in [1.165, 1.54) is 6.20 Å². The lowest BCUT2D eigenvalue weighted by Gasteiger charge is -2.19. The van der Waals surface area contributed by atoms with Gasteiger partial charge in [-0.2, -0.15) is 0 Å². The van der Waals surface area contributed by atoms with Crippen LogP contribution in [0.1, 0.15) is 27.8 Å². The number of aryl methyl sites for hydroxylation is 1. The molecule has 0 saturated carbocycles. The zero-order valence-corrected chi connectivity index (χ0v) is 13.2. The Morgan fingerprint density at radius 2 is 2.13 bits per heavy atom. The number of nitrogens with zero attached hydrogens (tertiary/aromatic N) is 3. The Balaban J connectivity index is 1.96. The first-order valence-electron chi connectivity index (χ1n) is 7.09. The molecule has 5 nitrogen and oxygen atoms in total. The molecule has 1 N–H and O–H groups in total. The third kappa shape index (κ3) is 3.40. The molecule has 2 aromatic heterocycles. The van der Waals surface area contributed by atoms with Crippen LogP contribution in [-0.2, 0) is 7.05 Å². The van der Waals surface area contributed by atoms with E-state index >= 15 is 0 Å². The van der Waals surface area contributed by atoms with Crippen LogP contribution in [-0.4, -0.2) is 20.4 Å². The molecule has 0 radical (unpaired) electrons. The lowest BCUT2D eigenvalue weighted by molar-refractivity contribution is 0.0941. The fourth-order valence-electron chi connectivity index (χ4n) is 2.35. The maximum atomic E-state index is 12.5. The first-order valence-corrected chi connectivity index (χ1v) is 7.46. The predicted octanol–water partition coefficient (Wildman–Crippen LogP) is 2.99. The lowest BCUT2D eigenvalue weighted by Crippen LogP contribution is -2.31. The van der Waals surface area contributed by atoms with Gasteiger partial charge in [0.1, 0.15) is 11.9 Å². The number of amides is 1. The number of imidazole rings is 1. The topological polar surface area (TPSA) is 59.8 Å². The number of nitrogens with one attached hydrogen (secondary N) is 1. The van der Waals surface area contributed by atoms with Gasteiger partial charge in [0.2, 0.25) is 0 Å². The second kappa shape index (κ2) is 6.62. The molecule has 6 heteroatoms. The van der Waals surface area contributed by atoms with Crippen molar-refractivity contribution in [1.82, 2.24) is 19.9 Å². The molecule has 3 aromatic rings. The number of hydrogen-bond acceptors (Lipinski definition) is 3. The van der Waals surface area contributed by atoms with Gasteiger partial charge in [-0.05, 0) is 29.8 Å². The molecule has 0 aliphatic rings. The molecular formula is C17H15ClN4O. The zero-order valence-electron chi connectivity index (χ0n) is 12.5.